The van der Waals surface area contributed by atoms with Crippen LogP contribution in [0.5, 0.6) is 5.75 Å². The first-order valence-electron chi connectivity index (χ1n) is 9.67. The number of hydrogen-bond donors (Lipinski definition) is 0. The maximum atomic E-state index is 12.1. The van der Waals surface area contributed by atoms with Crippen molar-refractivity contribution in [2.75, 3.05) is 52.9 Å². The highest BCUT2D eigenvalue weighted by atomic mass is 16.5. The molecule has 1 aromatic carbocycles. The van der Waals surface area contributed by atoms with Crippen molar-refractivity contribution in [1.82, 2.24) is 14.7 Å². The second-order valence-electron chi connectivity index (χ2n) is 7.18. The standard InChI is InChI=1S/C21H29N3O3/c1-17(19-7-3-4-8-20(19)27-2)23-13-10-22(11-14-23)12-15-24-9-5-6-18(25)16-21(24)26/h3-4,7-8H,1,5-6,9-16H2,2H3. The molecular weight excluding hydrogens is 342 g/mol. The minimum Gasteiger partial charge on any atom is -0.496 e. The molecule has 0 saturated carbocycles. The molecule has 1 amide bonds. The number of carbonyl (C=O) groups excluding carboxylic acids is 2. The summed E-state index contributed by atoms with van der Waals surface area (Å²) >= 11 is 0. The lowest BCUT2D eigenvalue weighted by Crippen LogP contribution is -2.48. The molecule has 0 bridgehead atoms. The molecule has 0 N–H and O–H groups in total. The van der Waals surface area contributed by atoms with Gasteiger partial charge in [-0.3, -0.25) is 14.5 Å². The molecule has 2 aliphatic heterocycles. The Kier molecular flexibility index (Phi) is 6.50. The molecule has 6 nitrogen and oxygen atoms in total. The van der Waals surface area contributed by atoms with Gasteiger partial charge in [0.2, 0.25) is 5.91 Å². The summed E-state index contributed by atoms with van der Waals surface area (Å²) in [7, 11) is 1.68. The molecule has 2 aliphatic rings. The molecule has 2 fully saturated rings. The molecule has 0 aromatic heterocycles. The van der Waals surface area contributed by atoms with Crippen LogP contribution in [-0.2, 0) is 9.59 Å². The molecule has 6 heteroatoms. The molecular formula is C21H29N3O3. The molecule has 0 aliphatic carbocycles. The number of benzene rings is 1. The van der Waals surface area contributed by atoms with E-state index in [1.807, 2.05) is 29.2 Å². The van der Waals surface area contributed by atoms with Gasteiger partial charge in [0.15, 0.2) is 0 Å². The first-order valence-corrected chi connectivity index (χ1v) is 9.67. The third-order valence-corrected chi connectivity index (χ3v) is 5.44. The van der Waals surface area contributed by atoms with Gasteiger partial charge in [0.1, 0.15) is 11.5 Å². The van der Waals surface area contributed by atoms with Gasteiger partial charge in [0, 0.05) is 63.5 Å². The number of Topliss-reactive ketones (excluding diaryl/α,β-unsaturated/α-hetero) is 1. The van der Waals surface area contributed by atoms with E-state index in [1.54, 1.807) is 7.11 Å². The average Bonchev–Trinajstić information content (AvgIpc) is 2.86. The van der Waals surface area contributed by atoms with Crippen molar-refractivity contribution in [2.24, 2.45) is 0 Å². The Morgan fingerprint density at radius 3 is 2.56 bits per heavy atom. The molecule has 0 atom stereocenters. The number of methoxy groups -OCH3 is 1. The second kappa shape index (κ2) is 9.04. The van der Waals surface area contributed by atoms with Crippen LogP contribution in [0.25, 0.3) is 5.70 Å². The van der Waals surface area contributed by atoms with Crippen molar-refractivity contribution < 1.29 is 14.3 Å². The van der Waals surface area contributed by atoms with E-state index < -0.39 is 0 Å². The Labute approximate surface area is 161 Å². The lowest BCUT2D eigenvalue weighted by molar-refractivity contribution is -0.134. The monoisotopic (exact) mass is 371 g/mol. The number of para-hydroxylation sites is 1. The summed E-state index contributed by atoms with van der Waals surface area (Å²) in [5.41, 5.74) is 2.03. The number of ketones is 1. The van der Waals surface area contributed by atoms with E-state index in [0.29, 0.717) is 19.5 Å². The van der Waals surface area contributed by atoms with Crippen LogP contribution < -0.4 is 4.74 Å². The summed E-state index contributed by atoms with van der Waals surface area (Å²) in [4.78, 5) is 30.2. The first kappa shape index (κ1) is 19.4. The summed E-state index contributed by atoms with van der Waals surface area (Å²) in [5, 5.41) is 0. The van der Waals surface area contributed by atoms with Crippen LogP contribution in [0.1, 0.15) is 24.8 Å². The molecule has 2 heterocycles. The molecule has 1 aromatic rings. The molecule has 27 heavy (non-hydrogen) atoms. The average molecular weight is 371 g/mol. The summed E-state index contributed by atoms with van der Waals surface area (Å²) in [6, 6.07) is 7.97. The van der Waals surface area contributed by atoms with Crippen molar-refractivity contribution in [3.8, 4) is 5.75 Å². The normalized spacial score (nSPS) is 19.1. The van der Waals surface area contributed by atoms with Gasteiger partial charge in [0.25, 0.3) is 0 Å². The Balaban J connectivity index is 1.48. The predicted octanol–water partition coefficient (Wildman–Crippen LogP) is 1.87. The maximum absolute atomic E-state index is 12.1. The quantitative estimate of drug-likeness (QED) is 0.715. The van der Waals surface area contributed by atoms with Gasteiger partial charge < -0.3 is 14.5 Å². The van der Waals surface area contributed by atoms with Crippen LogP contribution in [-0.4, -0.2) is 79.3 Å². The molecule has 0 unspecified atom stereocenters. The van der Waals surface area contributed by atoms with Crippen molar-refractivity contribution in [3.05, 3.63) is 36.4 Å². The highest BCUT2D eigenvalue weighted by Crippen LogP contribution is 2.27. The van der Waals surface area contributed by atoms with E-state index in [-0.39, 0.29) is 18.1 Å². The van der Waals surface area contributed by atoms with E-state index in [0.717, 1.165) is 56.2 Å². The zero-order valence-corrected chi connectivity index (χ0v) is 16.2. The van der Waals surface area contributed by atoms with E-state index in [4.69, 9.17) is 4.74 Å². The van der Waals surface area contributed by atoms with Gasteiger partial charge in [-0.05, 0) is 18.6 Å². The topological polar surface area (TPSA) is 53.1 Å². The fourth-order valence-corrected chi connectivity index (χ4v) is 3.75. The summed E-state index contributed by atoms with van der Waals surface area (Å²) in [6.07, 6.45) is 1.40. The summed E-state index contributed by atoms with van der Waals surface area (Å²) in [5.74, 6) is 0.908. The van der Waals surface area contributed by atoms with Gasteiger partial charge in [-0.25, -0.2) is 0 Å². The molecule has 0 spiro atoms. The largest absolute Gasteiger partial charge is 0.496 e. The third kappa shape index (κ3) is 4.89. The van der Waals surface area contributed by atoms with E-state index in [1.165, 1.54) is 0 Å². The minimum atomic E-state index is -0.0133. The fourth-order valence-electron chi connectivity index (χ4n) is 3.75. The number of hydrogen-bond acceptors (Lipinski definition) is 5. The van der Waals surface area contributed by atoms with Crippen LogP contribution in [0.4, 0.5) is 0 Å². The van der Waals surface area contributed by atoms with Crippen molar-refractivity contribution in [2.45, 2.75) is 19.3 Å². The third-order valence-electron chi connectivity index (χ3n) is 5.44. The lowest BCUT2D eigenvalue weighted by atomic mass is 10.1. The molecule has 0 radical (unpaired) electrons. The number of piperazine rings is 1. The van der Waals surface area contributed by atoms with E-state index in [2.05, 4.69) is 16.4 Å². The van der Waals surface area contributed by atoms with Gasteiger partial charge in [0.05, 0.1) is 13.5 Å². The first-order chi connectivity index (χ1) is 13.1. The van der Waals surface area contributed by atoms with Crippen LogP contribution in [0.2, 0.25) is 0 Å². The maximum Gasteiger partial charge on any atom is 0.230 e. The van der Waals surface area contributed by atoms with Gasteiger partial charge in [-0.15, -0.1) is 0 Å². The molecule has 2 saturated heterocycles. The molecule has 3 rings (SSSR count). The number of rotatable bonds is 6. The zero-order chi connectivity index (χ0) is 19.2. The van der Waals surface area contributed by atoms with Gasteiger partial charge >= 0.3 is 0 Å². The SMILES string of the molecule is C=C(c1ccccc1OC)N1CCN(CCN2CCCC(=O)CC2=O)CC1. The zero-order valence-electron chi connectivity index (χ0n) is 16.2. The van der Waals surface area contributed by atoms with Gasteiger partial charge in [-0.2, -0.15) is 0 Å². The van der Waals surface area contributed by atoms with Crippen LogP contribution in [0, 0.1) is 0 Å². The van der Waals surface area contributed by atoms with Crippen molar-refractivity contribution in [3.63, 3.8) is 0 Å². The second-order valence-corrected chi connectivity index (χ2v) is 7.18. The van der Waals surface area contributed by atoms with Crippen LogP contribution >= 0.6 is 0 Å². The highest BCUT2D eigenvalue weighted by molar-refractivity contribution is 5.98. The Bertz CT molecular complexity index is 696. The van der Waals surface area contributed by atoms with Crippen LogP contribution in [0.3, 0.4) is 0 Å². The Hall–Kier alpha value is -2.34. The Morgan fingerprint density at radius 2 is 1.81 bits per heavy atom. The lowest BCUT2D eigenvalue weighted by Gasteiger charge is -2.38. The number of carbonyl (C=O) groups is 2. The fraction of sp³-hybridized carbons (Fsp3) is 0.524. The molecule has 146 valence electrons. The van der Waals surface area contributed by atoms with Crippen molar-refractivity contribution >= 4 is 17.4 Å². The summed E-state index contributed by atoms with van der Waals surface area (Å²) < 4.78 is 5.45. The van der Waals surface area contributed by atoms with Crippen molar-refractivity contribution in [1.29, 1.82) is 0 Å². The number of likely N-dealkylation sites (tertiary alicyclic amines) is 1. The van der Waals surface area contributed by atoms with E-state index in [9.17, 15) is 9.59 Å². The predicted molar refractivity (Wildman–Crippen MR) is 105 cm³/mol. The van der Waals surface area contributed by atoms with Gasteiger partial charge in [-0.1, -0.05) is 18.7 Å². The highest BCUT2D eigenvalue weighted by Gasteiger charge is 2.24. The number of amides is 1. The minimum absolute atomic E-state index is 0.0133. The summed E-state index contributed by atoms with van der Waals surface area (Å²) in [6.45, 7) is 10.2. The smallest absolute Gasteiger partial charge is 0.230 e. The van der Waals surface area contributed by atoms with Crippen LogP contribution in [0.15, 0.2) is 30.8 Å². The Morgan fingerprint density at radius 1 is 1.07 bits per heavy atom. The number of ether oxygens (including phenoxy) is 1. The number of nitrogens with zero attached hydrogens (tertiary/aromatic N) is 3. The van der Waals surface area contributed by atoms with E-state index >= 15 is 0 Å².